The molecule has 0 aliphatic rings. The number of imidazole rings is 1. The van der Waals surface area contributed by atoms with Gasteiger partial charge in [0.2, 0.25) is 0 Å². The zero-order chi connectivity index (χ0) is 22.7. The summed E-state index contributed by atoms with van der Waals surface area (Å²) in [6.07, 6.45) is 3.89. The van der Waals surface area contributed by atoms with E-state index in [0.717, 1.165) is 16.9 Å². The minimum Gasteiger partial charge on any atom is -0.494 e. The zero-order valence-electron chi connectivity index (χ0n) is 18.1. The number of carbonyl (C=O) groups excluding carboxylic acids is 1. The number of hydrogen-bond donors (Lipinski definition) is 1. The minimum absolute atomic E-state index is 0.168. The van der Waals surface area contributed by atoms with Crippen molar-refractivity contribution in [2.24, 2.45) is 0 Å². The van der Waals surface area contributed by atoms with Crippen molar-refractivity contribution < 1.29 is 18.7 Å². The van der Waals surface area contributed by atoms with Gasteiger partial charge in [-0.1, -0.05) is 12.1 Å². The Morgan fingerprint density at radius 3 is 2.66 bits per heavy atom. The van der Waals surface area contributed by atoms with Crippen LogP contribution in [0, 0.1) is 12.7 Å². The summed E-state index contributed by atoms with van der Waals surface area (Å²) in [5.41, 5.74) is 3.97. The Hall–Kier alpha value is -3.87. The van der Waals surface area contributed by atoms with Crippen LogP contribution in [0.3, 0.4) is 0 Å². The number of aromatic nitrogens is 2. The van der Waals surface area contributed by atoms with E-state index < -0.39 is 5.82 Å². The number of ether oxygens (including phenoxy) is 2. The molecule has 0 spiro atoms. The van der Waals surface area contributed by atoms with Crippen LogP contribution in [0.25, 0.3) is 5.65 Å². The lowest BCUT2D eigenvalue weighted by atomic mass is 10.1. The Balaban J connectivity index is 1.36. The number of rotatable bonds is 7. The molecule has 1 N–H and O–H groups in total. The summed E-state index contributed by atoms with van der Waals surface area (Å²) in [7, 11) is 1.41. The van der Waals surface area contributed by atoms with Gasteiger partial charge in [-0.3, -0.25) is 4.79 Å². The van der Waals surface area contributed by atoms with Crippen molar-refractivity contribution in [3.63, 3.8) is 0 Å². The predicted molar refractivity (Wildman–Crippen MR) is 120 cm³/mol. The molecule has 2 aromatic carbocycles. The number of benzene rings is 2. The third kappa shape index (κ3) is 4.56. The Morgan fingerprint density at radius 2 is 1.97 bits per heavy atom. The van der Waals surface area contributed by atoms with Crippen LogP contribution in [0.1, 0.15) is 40.1 Å². The lowest BCUT2D eigenvalue weighted by Gasteiger charge is -2.15. The molecule has 1 amide bonds. The van der Waals surface area contributed by atoms with Gasteiger partial charge in [0.25, 0.3) is 5.91 Å². The number of amides is 1. The molecule has 1 atom stereocenters. The number of halogens is 1. The summed E-state index contributed by atoms with van der Waals surface area (Å²) < 4.78 is 26.7. The van der Waals surface area contributed by atoms with Crippen LogP contribution in [0.2, 0.25) is 0 Å². The lowest BCUT2D eigenvalue weighted by molar-refractivity contribution is 0.0939. The maximum absolute atomic E-state index is 13.9. The Kier molecular flexibility index (Phi) is 6.07. The molecule has 1 unspecified atom stereocenters. The summed E-state index contributed by atoms with van der Waals surface area (Å²) in [5.74, 6) is 0.0896. The van der Waals surface area contributed by atoms with E-state index in [-0.39, 0.29) is 17.7 Å². The van der Waals surface area contributed by atoms with Crippen molar-refractivity contribution in [1.82, 2.24) is 14.7 Å². The second-order valence-corrected chi connectivity index (χ2v) is 7.56. The van der Waals surface area contributed by atoms with E-state index in [9.17, 15) is 9.18 Å². The van der Waals surface area contributed by atoms with Gasteiger partial charge >= 0.3 is 0 Å². The first kappa shape index (κ1) is 21.4. The second kappa shape index (κ2) is 9.09. The molecule has 0 aliphatic carbocycles. The van der Waals surface area contributed by atoms with Gasteiger partial charge in [-0.2, -0.15) is 0 Å². The van der Waals surface area contributed by atoms with E-state index in [1.54, 1.807) is 43.3 Å². The summed E-state index contributed by atoms with van der Waals surface area (Å²) in [5, 5.41) is 2.87. The molecule has 4 rings (SSSR count). The van der Waals surface area contributed by atoms with Crippen LogP contribution in [0.4, 0.5) is 4.39 Å². The first-order chi connectivity index (χ1) is 15.4. The van der Waals surface area contributed by atoms with Crippen molar-refractivity contribution in [2.75, 3.05) is 7.11 Å². The van der Waals surface area contributed by atoms with Crippen LogP contribution in [0.5, 0.6) is 11.5 Å². The predicted octanol–water partition coefficient (Wildman–Crippen LogP) is 4.86. The molecule has 2 aromatic heterocycles. The Bertz CT molecular complexity index is 1250. The minimum atomic E-state index is -0.464. The van der Waals surface area contributed by atoms with Gasteiger partial charge in [0, 0.05) is 18.0 Å². The van der Waals surface area contributed by atoms with E-state index >= 15 is 0 Å². The smallest absolute Gasteiger partial charge is 0.251 e. The highest BCUT2D eigenvalue weighted by Crippen LogP contribution is 2.22. The van der Waals surface area contributed by atoms with Gasteiger partial charge in [-0.25, -0.2) is 9.37 Å². The number of pyridine rings is 1. The van der Waals surface area contributed by atoms with Crippen molar-refractivity contribution in [3.05, 3.63) is 95.2 Å². The highest BCUT2D eigenvalue weighted by atomic mass is 19.1. The van der Waals surface area contributed by atoms with Gasteiger partial charge in [0.1, 0.15) is 18.0 Å². The molecule has 4 aromatic rings. The number of hydrogen-bond acceptors (Lipinski definition) is 4. The number of fused-ring (bicyclic) bond motifs is 1. The first-order valence-corrected chi connectivity index (χ1v) is 10.2. The third-order valence-electron chi connectivity index (χ3n) is 5.25. The van der Waals surface area contributed by atoms with Crippen LogP contribution in [-0.2, 0) is 6.61 Å². The van der Waals surface area contributed by atoms with Gasteiger partial charge in [0.05, 0.1) is 18.8 Å². The molecule has 7 heteroatoms. The molecule has 0 aliphatic heterocycles. The topological polar surface area (TPSA) is 64.9 Å². The fraction of sp³-hybridized carbons (Fsp3) is 0.200. The molecule has 0 fully saturated rings. The quantitative estimate of drug-likeness (QED) is 0.452. The molecule has 6 nitrogen and oxygen atoms in total. The van der Waals surface area contributed by atoms with Crippen LogP contribution in [0.15, 0.2) is 67.0 Å². The largest absolute Gasteiger partial charge is 0.494 e. The normalized spacial score (nSPS) is 11.9. The average molecular weight is 433 g/mol. The summed E-state index contributed by atoms with van der Waals surface area (Å²) in [4.78, 5) is 17.2. The van der Waals surface area contributed by atoms with Gasteiger partial charge in [0.15, 0.2) is 11.6 Å². The second-order valence-electron chi connectivity index (χ2n) is 7.56. The summed E-state index contributed by atoms with van der Waals surface area (Å²) in [6, 6.07) is 15.1. The monoisotopic (exact) mass is 433 g/mol. The number of aryl methyl sites for hydroxylation is 1. The molecular formula is C25H24FN3O3. The maximum atomic E-state index is 13.9. The molecular weight excluding hydrogens is 409 g/mol. The maximum Gasteiger partial charge on any atom is 0.251 e. The molecule has 0 saturated heterocycles. The molecule has 32 heavy (non-hydrogen) atoms. The van der Waals surface area contributed by atoms with Crippen molar-refractivity contribution in [2.45, 2.75) is 26.5 Å². The van der Waals surface area contributed by atoms with Crippen LogP contribution in [-0.4, -0.2) is 22.4 Å². The Morgan fingerprint density at radius 1 is 1.19 bits per heavy atom. The van der Waals surface area contributed by atoms with Crippen molar-refractivity contribution in [3.8, 4) is 11.5 Å². The fourth-order valence-corrected chi connectivity index (χ4v) is 3.45. The van der Waals surface area contributed by atoms with Gasteiger partial charge in [-0.05, 0) is 67.4 Å². The fourth-order valence-electron chi connectivity index (χ4n) is 3.45. The number of nitrogens with zero attached hydrogens (tertiary/aromatic N) is 2. The van der Waals surface area contributed by atoms with E-state index in [4.69, 9.17) is 9.47 Å². The SMILES string of the molecule is COc1ccc(C(C)NC(=O)c2ccc(OCc3cn4cccc(C)c4n3)cc2)cc1F. The van der Waals surface area contributed by atoms with Crippen LogP contribution < -0.4 is 14.8 Å². The highest BCUT2D eigenvalue weighted by Gasteiger charge is 2.14. The molecule has 0 bridgehead atoms. The molecule has 2 heterocycles. The van der Waals surface area contributed by atoms with Crippen molar-refractivity contribution in [1.29, 1.82) is 0 Å². The summed E-state index contributed by atoms with van der Waals surface area (Å²) in [6.45, 7) is 4.14. The highest BCUT2D eigenvalue weighted by molar-refractivity contribution is 5.94. The van der Waals surface area contributed by atoms with Gasteiger partial charge < -0.3 is 19.2 Å². The molecule has 164 valence electrons. The van der Waals surface area contributed by atoms with Crippen LogP contribution >= 0.6 is 0 Å². The third-order valence-corrected chi connectivity index (χ3v) is 5.25. The Labute approximate surface area is 185 Å². The first-order valence-electron chi connectivity index (χ1n) is 10.2. The number of carbonyl (C=O) groups is 1. The summed E-state index contributed by atoms with van der Waals surface area (Å²) >= 11 is 0. The lowest BCUT2D eigenvalue weighted by Crippen LogP contribution is -2.26. The van der Waals surface area contributed by atoms with Gasteiger partial charge in [-0.15, -0.1) is 0 Å². The van der Waals surface area contributed by atoms with E-state index in [1.807, 2.05) is 35.9 Å². The zero-order valence-corrected chi connectivity index (χ0v) is 18.1. The standard InChI is InChI=1S/C25H24FN3O3/c1-16-5-4-12-29-14-20(28-24(16)29)15-32-21-9-6-18(7-10-21)25(30)27-17(2)19-8-11-23(31-3)22(26)13-19/h4-14,17H,15H2,1-3H3,(H,27,30). The number of methoxy groups -OCH3 is 1. The van der Waals surface area contributed by atoms with E-state index in [1.165, 1.54) is 13.2 Å². The van der Waals surface area contributed by atoms with E-state index in [0.29, 0.717) is 23.5 Å². The number of nitrogens with one attached hydrogen (secondary N) is 1. The van der Waals surface area contributed by atoms with Crippen molar-refractivity contribution >= 4 is 11.6 Å². The van der Waals surface area contributed by atoms with E-state index in [2.05, 4.69) is 10.3 Å². The molecule has 0 radical (unpaired) electrons. The molecule has 0 saturated carbocycles. The average Bonchev–Trinajstić information content (AvgIpc) is 3.22.